The Hall–Kier alpha value is -4.58. The normalized spacial score (nSPS) is 18.1. The summed E-state index contributed by atoms with van der Waals surface area (Å²) in [5, 5.41) is 0.383. The summed E-state index contributed by atoms with van der Waals surface area (Å²) in [4.78, 5) is 31.4. The van der Waals surface area contributed by atoms with Crippen LogP contribution in [0, 0.1) is 6.92 Å². The maximum absolute atomic E-state index is 13.6. The molecule has 4 aromatic rings. The first-order chi connectivity index (χ1) is 23.0. The molecule has 6 rings (SSSR count). The number of benzene rings is 3. The molecule has 6 nitrogen and oxygen atoms in total. The van der Waals surface area contributed by atoms with Crippen molar-refractivity contribution in [1.82, 2.24) is 9.88 Å². The minimum atomic E-state index is -5.06. The summed E-state index contributed by atoms with van der Waals surface area (Å²) in [5.74, 6) is -0.240. The number of nitrogens with zero attached hydrogens (tertiary/aromatic N) is 2. The summed E-state index contributed by atoms with van der Waals surface area (Å²) < 4.78 is 91.9. The highest BCUT2D eigenvalue weighted by Crippen LogP contribution is 2.44. The molecule has 0 unspecified atom stereocenters. The molecule has 1 aliphatic heterocycles. The van der Waals surface area contributed by atoms with E-state index in [-0.39, 0.29) is 18.5 Å². The Morgan fingerprint density at radius 2 is 1.57 bits per heavy atom. The predicted octanol–water partition coefficient (Wildman–Crippen LogP) is 10.2. The summed E-state index contributed by atoms with van der Waals surface area (Å²) in [6, 6.07) is 14.5. The number of ether oxygens (including phenoxy) is 2. The Bertz CT molecular complexity index is 1920. The van der Waals surface area contributed by atoms with Crippen molar-refractivity contribution in [2.75, 3.05) is 7.11 Å². The lowest BCUT2D eigenvalue weighted by Crippen LogP contribution is -2.32. The number of aryl methyl sites for hydroxylation is 1. The fourth-order valence-corrected chi connectivity index (χ4v) is 6.31. The molecule has 1 saturated heterocycles. The molecule has 2 fully saturated rings. The summed E-state index contributed by atoms with van der Waals surface area (Å²) in [6.45, 7) is 3.21. The van der Waals surface area contributed by atoms with Gasteiger partial charge in [-0.3, -0.25) is 9.88 Å². The van der Waals surface area contributed by atoms with E-state index in [2.05, 4.69) is 0 Å². The van der Waals surface area contributed by atoms with Gasteiger partial charge in [0, 0.05) is 27.8 Å². The molecule has 1 aliphatic carbocycles. The van der Waals surface area contributed by atoms with Gasteiger partial charge in [0.05, 0.1) is 42.1 Å². The monoisotopic (exact) mass is 702 g/mol. The van der Waals surface area contributed by atoms with Crippen molar-refractivity contribution in [3.8, 4) is 22.3 Å². The largest absolute Gasteiger partial charge is 0.465 e. The van der Waals surface area contributed by atoms with E-state index >= 15 is 0 Å². The van der Waals surface area contributed by atoms with E-state index in [1.54, 1.807) is 24.3 Å². The van der Waals surface area contributed by atoms with Gasteiger partial charge in [-0.2, -0.15) is 26.3 Å². The molecule has 49 heavy (non-hydrogen) atoms. The van der Waals surface area contributed by atoms with Crippen LogP contribution in [-0.2, 0) is 28.4 Å². The van der Waals surface area contributed by atoms with Gasteiger partial charge in [-0.05, 0) is 97.5 Å². The van der Waals surface area contributed by atoms with E-state index in [9.17, 15) is 35.9 Å². The first kappa shape index (κ1) is 34.3. The molecule has 256 valence electrons. The molecule has 3 aromatic carbocycles. The maximum Gasteiger partial charge on any atom is 0.416 e. The molecule has 1 saturated carbocycles. The second-order valence-corrected chi connectivity index (χ2v) is 12.6. The third kappa shape index (κ3) is 6.96. The minimum Gasteiger partial charge on any atom is -0.465 e. The number of rotatable bonds is 7. The molecular formula is C36H29ClF6N2O4. The van der Waals surface area contributed by atoms with Crippen LogP contribution < -0.4 is 0 Å². The van der Waals surface area contributed by atoms with Crippen molar-refractivity contribution in [3.63, 3.8) is 0 Å². The lowest BCUT2D eigenvalue weighted by atomic mass is 9.94. The Kier molecular flexibility index (Phi) is 8.89. The second-order valence-electron chi connectivity index (χ2n) is 12.2. The van der Waals surface area contributed by atoms with Gasteiger partial charge in [0.25, 0.3) is 0 Å². The molecule has 0 spiro atoms. The topological polar surface area (TPSA) is 68.7 Å². The molecule has 0 bridgehead atoms. The maximum atomic E-state index is 13.6. The van der Waals surface area contributed by atoms with Crippen LogP contribution in [-0.4, -0.2) is 35.1 Å². The third-order valence-corrected chi connectivity index (χ3v) is 9.19. The number of hydrogen-bond donors (Lipinski definition) is 0. The highest BCUT2D eigenvalue weighted by molar-refractivity contribution is 6.33. The average Bonchev–Trinajstić information content (AvgIpc) is 3.86. The van der Waals surface area contributed by atoms with Gasteiger partial charge in [-0.1, -0.05) is 29.8 Å². The van der Waals surface area contributed by atoms with Gasteiger partial charge >= 0.3 is 24.4 Å². The standard InChI is InChI=1S/C36H29ClF6N2O4/c1-18-12-22(33(46)48-3)6-8-26(18)21-7-10-29(37)28(15-21)27-9-11-30(20-4-5-20)44-31(27)17-45-19(2)32(49-34(45)47)23-13-24(35(38,39)40)16-25(14-23)36(41,42)43/h6-16,19-20,32H,4-5,17H2,1-3H3/t19-,32-/m0/s1. The molecule has 2 atom stereocenters. The first-order valence-corrected chi connectivity index (χ1v) is 15.7. The lowest BCUT2D eigenvalue weighted by Gasteiger charge is -2.23. The van der Waals surface area contributed by atoms with E-state index < -0.39 is 53.3 Å². The molecule has 13 heteroatoms. The van der Waals surface area contributed by atoms with Crippen LogP contribution in [0.5, 0.6) is 0 Å². The van der Waals surface area contributed by atoms with Crippen LogP contribution in [0.3, 0.4) is 0 Å². The van der Waals surface area contributed by atoms with E-state index in [0.29, 0.717) is 39.5 Å². The van der Waals surface area contributed by atoms with Crippen molar-refractivity contribution in [3.05, 3.63) is 111 Å². The summed E-state index contributed by atoms with van der Waals surface area (Å²) in [6.07, 6.45) is -10.6. The number of esters is 1. The van der Waals surface area contributed by atoms with Gasteiger partial charge in [0.2, 0.25) is 0 Å². The highest BCUT2D eigenvalue weighted by Gasteiger charge is 2.43. The van der Waals surface area contributed by atoms with Crippen molar-refractivity contribution in [1.29, 1.82) is 0 Å². The Morgan fingerprint density at radius 1 is 0.918 bits per heavy atom. The van der Waals surface area contributed by atoms with E-state index in [4.69, 9.17) is 26.1 Å². The second kappa shape index (κ2) is 12.7. The summed E-state index contributed by atoms with van der Waals surface area (Å²) >= 11 is 6.73. The van der Waals surface area contributed by atoms with Gasteiger partial charge in [0.1, 0.15) is 6.10 Å². The first-order valence-electron chi connectivity index (χ1n) is 15.3. The van der Waals surface area contributed by atoms with Crippen LogP contribution in [0.1, 0.15) is 75.8 Å². The van der Waals surface area contributed by atoms with E-state index in [0.717, 1.165) is 35.2 Å². The number of cyclic esters (lactones) is 1. The number of methoxy groups -OCH3 is 1. The van der Waals surface area contributed by atoms with Gasteiger partial charge in [-0.15, -0.1) is 0 Å². The average molecular weight is 703 g/mol. The Labute approximate surface area is 282 Å². The fraction of sp³-hybridized carbons (Fsp3) is 0.306. The fourth-order valence-electron chi connectivity index (χ4n) is 6.09. The number of carbonyl (C=O) groups excluding carboxylic acids is 2. The van der Waals surface area contributed by atoms with Crippen LogP contribution in [0.15, 0.2) is 66.7 Å². The minimum absolute atomic E-state index is 0.0368. The van der Waals surface area contributed by atoms with Crippen LogP contribution in [0.25, 0.3) is 22.3 Å². The van der Waals surface area contributed by atoms with E-state index in [1.807, 2.05) is 31.2 Å². The number of hydrogen-bond acceptors (Lipinski definition) is 5. The molecule has 2 aliphatic rings. The number of pyridine rings is 1. The van der Waals surface area contributed by atoms with Gasteiger partial charge < -0.3 is 9.47 Å². The predicted molar refractivity (Wildman–Crippen MR) is 169 cm³/mol. The van der Waals surface area contributed by atoms with Crippen molar-refractivity contribution in [2.24, 2.45) is 0 Å². The van der Waals surface area contributed by atoms with Crippen LogP contribution in [0.2, 0.25) is 5.02 Å². The van der Waals surface area contributed by atoms with Crippen molar-refractivity contribution >= 4 is 23.7 Å². The number of aromatic nitrogens is 1. The molecular weight excluding hydrogens is 674 g/mol. The van der Waals surface area contributed by atoms with E-state index in [1.165, 1.54) is 18.9 Å². The summed E-state index contributed by atoms with van der Waals surface area (Å²) in [7, 11) is 1.30. The smallest absolute Gasteiger partial charge is 0.416 e. The van der Waals surface area contributed by atoms with Crippen LogP contribution >= 0.6 is 11.6 Å². The Balaban J connectivity index is 1.37. The van der Waals surface area contributed by atoms with Crippen molar-refractivity contribution < 1.29 is 45.4 Å². The van der Waals surface area contributed by atoms with Gasteiger partial charge in [-0.25, -0.2) is 9.59 Å². The highest BCUT2D eigenvalue weighted by atomic mass is 35.5. The number of amides is 1. The quantitative estimate of drug-likeness (QED) is 0.142. The van der Waals surface area contributed by atoms with Crippen molar-refractivity contribution in [2.45, 2.75) is 63.7 Å². The SMILES string of the molecule is COC(=O)c1ccc(-c2ccc(Cl)c(-c3ccc(C4CC4)nc3CN3C(=O)O[C@H](c4cc(C(F)(F)F)cc(C(F)(F)F)c4)[C@@H]3C)c2)c(C)c1. The van der Waals surface area contributed by atoms with Gasteiger partial charge in [0.15, 0.2) is 0 Å². The Morgan fingerprint density at radius 3 is 2.16 bits per heavy atom. The zero-order valence-electron chi connectivity index (χ0n) is 26.4. The molecule has 1 aromatic heterocycles. The lowest BCUT2D eigenvalue weighted by molar-refractivity contribution is -0.143. The number of alkyl halides is 6. The molecule has 0 radical (unpaired) electrons. The zero-order valence-corrected chi connectivity index (χ0v) is 27.1. The summed E-state index contributed by atoms with van der Waals surface area (Å²) in [5.41, 5.74) is 1.80. The number of carbonyl (C=O) groups is 2. The molecule has 0 N–H and O–H groups in total. The zero-order chi connectivity index (χ0) is 35.4. The molecule has 2 heterocycles. The molecule has 1 amide bonds. The number of halogens is 7. The third-order valence-electron chi connectivity index (χ3n) is 8.86. The van der Waals surface area contributed by atoms with Crippen LogP contribution in [0.4, 0.5) is 31.1 Å².